The molecule has 2 atom stereocenters. The van der Waals surface area contributed by atoms with Gasteiger partial charge in [0, 0.05) is 13.1 Å². The molecule has 0 bridgehead atoms. The third kappa shape index (κ3) is 3.22. The van der Waals surface area contributed by atoms with Gasteiger partial charge in [-0.05, 0) is 25.0 Å². The van der Waals surface area contributed by atoms with E-state index in [2.05, 4.69) is 4.74 Å². The molecule has 1 aromatic carbocycles. The van der Waals surface area contributed by atoms with Crippen molar-refractivity contribution < 1.29 is 32.6 Å². The van der Waals surface area contributed by atoms with Gasteiger partial charge >= 0.3 is 22.1 Å². The average Bonchev–Trinajstić information content (AvgIpc) is 2.57. The molecule has 0 amide bonds. The number of para-hydroxylation sites is 2. The number of carbonyl (C=O) groups is 2. The Morgan fingerprint density at radius 3 is 2.15 bits per heavy atom. The fraction of sp³-hybridized carbons (Fsp3) is 0.500. The van der Waals surface area contributed by atoms with Crippen molar-refractivity contribution in [1.82, 2.24) is 9.31 Å². The molecule has 148 valence electrons. The third-order valence-electron chi connectivity index (χ3n) is 4.74. The molecule has 0 aromatic heterocycles. The zero-order valence-corrected chi connectivity index (χ0v) is 15.8. The van der Waals surface area contributed by atoms with Crippen LogP contribution in [0.4, 0.5) is 5.69 Å². The van der Waals surface area contributed by atoms with Gasteiger partial charge in [0.2, 0.25) is 0 Å². The number of methoxy groups -OCH3 is 2. The quantitative estimate of drug-likeness (QED) is 0.657. The van der Waals surface area contributed by atoms with E-state index in [1.165, 1.54) is 31.4 Å². The SMILES string of the molecule is COC(=O)C1CCN1N(c1ccccc1O)S(=O)(=O)N1CCC1C(=O)OC. The zero-order chi connectivity index (χ0) is 19.8. The molecule has 2 fully saturated rings. The molecule has 2 unspecified atom stereocenters. The summed E-state index contributed by atoms with van der Waals surface area (Å²) in [5.41, 5.74) is -0.0124. The van der Waals surface area contributed by atoms with Crippen LogP contribution >= 0.6 is 0 Å². The monoisotopic (exact) mass is 399 g/mol. The molecule has 2 heterocycles. The number of anilines is 1. The smallest absolute Gasteiger partial charge is 0.325 e. The molecular formula is C16H21N3O7S. The molecule has 0 saturated carbocycles. The number of ether oxygens (including phenoxy) is 2. The number of hydrogen-bond donors (Lipinski definition) is 1. The summed E-state index contributed by atoms with van der Waals surface area (Å²) in [5, 5.41) is 11.5. The lowest BCUT2D eigenvalue weighted by Crippen LogP contribution is -2.68. The minimum absolute atomic E-state index is 0.0124. The summed E-state index contributed by atoms with van der Waals surface area (Å²) in [4.78, 5) is 23.9. The van der Waals surface area contributed by atoms with Crippen molar-refractivity contribution in [1.29, 1.82) is 0 Å². The van der Waals surface area contributed by atoms with Crippen LogP contribution in [0.1, 0.15) is 12.8 Å². The first-order chi connectivity index (χ1) is 12.8. The van der Waals surface area contributed by atoms with Gasteiger partial charge in [0.25, 0.3) is 0 Å². The second kappa shape index (κ2) is 7.33. The highest BCUT2D eigenvalue weighted by atomic mass is 32.2. The normalized spacial score (nSPS) is 23.0. The van der Waals surface area contributed by atoms with Gasteiger partial charge in [0.15, 0.2) is 0 Å². The van der Waals surface area contributed by atoms with Crippen LogP contribution in [0.3, 0.4) is 0 Å². The first kappa shape index (κ1) is 19.4. The van der Waals surface area contributed by atoms with Crippen LogP contribution in [0.25, 0.3) is 0 Å². The maximum absolute atomic E-state index is 13.3. The summed E-state index contributed by atoms with van der Waals surface area (Å²) >= 11 is 0. The Morgan fingerprint density at radius 2 is 1.67 bits per heavy atom. The van der Waals surface area contributed by atoms with E-state index in [1.807, 2.05) is 0 Å². The fourth-order valence-corrected chi connectivity index (χ4v) is 5.01. The Balaban J connectivity index is 2.01. The number of hydrogen-bond acceptors (Lipinski definition) is 8. The standard InChI is InChI=1S/C16H21N3O7S/c1-25-15(21)12-7-9-17(12)19(11-5-3-4-6-14(11)20)27(23,24)18-10-8-13(18)16(22)26-2/h3-6,12-13,20H,7-10H2,1-2H3. The molecule has 0 radical (unpaired) electrons. The first-order valence-electron chi connectivity index (χ1n) is 8.35. The topological polar surface area (TPSA) is 117 Å². The molecule has 3 rings (SSSR count). The molecule has 2 aliphatic heterocycles. The number of hydrazine groups is 1. The number of phenolic OH excluding ortho intramolecular Hbond substituents is 1. The van der Waals surface area contributed by atoms with Crippen LogP contribution in [0, 0.1) is 0 Å². The average molecular weight is 399 g/mol. The van der Waals surface area contributed by atoms with Crippen LogP contribution < -0.4 is 4.41 Å². The van der Waals surface area contributed by atoms with Crippen LogP contribution in [-0.2, 0) is 29.3 Å². The highest BCUT2D eigenvalue weighted by molar-refractivity contribution is 7.90. The van der Waals surface area contributed by atoms with E-state index < -0.39 is 34.2 Å². The Hall–Kier alpha value is -2.37. The second-order valence-electron chi connectivity index (χ2n) is 6.17. The molecule has 2 aliphatic rings. The Morgan fingerprint density at radius 1 is 1.07 bits per heavy atom. The number of benzene rings is 1. The molecule has 11 heteroatoms. The Labute approximate surface area is 157 Å². The van der Waals surface area contributed by atoms with Crippen LogP contribution in [0.2, 0.25) is 0 Å². The number of aromatic hydroxyl groups is 1. The van der Waals surface area contributed by atoms with E-state index in [1.54, 1.807) is 12.1 Å². The maximum atomic E-state index is 13.3. The van der Waals surface area contributed by atoms with E-state index in [4.69, 9.17) is 4.74 Å². The molecule has 0 aliphatic carbocycles. The van der Waals surface area contributed by atoms with Crippen LogP contribution in [0.5, 0.6) is 5.75 Å². The van der Waals surface area contributed by atoms with Gasteiger partial charge in [0.1, 0.15) is 23.5 Å². The second-order valence-corrected chi connectivity index (χ2v) is 7.88. The van der Waals surface area contributed by atoms with Gasteiger partial charge in [-0.15, -0.1) is 0 Å². The lowest BCUT2D eigenvalue weighted by Gasteiger charge is -2.49. The fourth-order valence-electron chi connectivity index (χ4n) is 3.10. The van der Waals surface area contributed by atoms with Crippen LogP contribution in [-0.4, -0.2) is 74.2 Å². The van der Waals surface area contributed by atoms with E-state index in [0.29, 0.717) is 12.8 Å². The van der Waals surface area contributed by atoms with Crippen molar-refractivity contribution in [3.63, 3.8) is 0 Å². The molecule has 27 heavy (non-hydrogen) atoms. The van der Waals surface area contributed by atoms with Crippen molar-refractivity contribution in [3.8, 4) is 5.75 Å². The van der Waals surface area contributed by atoms with Crippen molar-refractivity contribution in [2.45, 2.75) is 24.9 Å². The number of nitrogens with zero attached hydrogens (tertiary/aromatic N) is 3. The number of rotatable bonds is 6. The summed E-state index contributed by atoms with van der Waals surface area (Å²) < 4.78 is 37.9. The van der Waals surface area contributed by atoms with Gasteiger partial charge in [0.05, 0.1) is 14.2 Å². The van der Waals surface area contributed by atoms with Crippen molar-refractivity contribution >= 4 is 27.8 Å². The van der Waals surface area contributed by atoms with Gasteiger partial charge in [-0.2, -0.15) is 22.1 Å². The Bertz CT molecular complexity index is 844. The minimum atomic E-state index is -4.25. The lowest BCUT2D eigenvalue weighted by atomic mass is 10.1. The molecular weight excluding hydrogens is 378 g/mol. The van der Waals surface area contributed by atoms with Crippen molar-refractivity contribution in [2.24, 2.45) is 0 Å². The van der Waals surface area contributed by atoms with Gasteiger partial charge in [-0.3, -0.25) is 9.59 Å². The number of esters is 2. The molecule has 10 nitrogen and oxygen atoms in total. The summed E-state index contributed by atoms with van der Waals surface area (Å²) in [6.07, 6.45) is 0.744. The summed E-state index contributed by atoms with van der Waals surface area (Å²) in [6.45, 7) is 0.396. The van der Waals surface area contributed by atoms with Crippen molar-refractivity contribution in [3.05, 3.63) is 24.3 Å². The Kier molecular flexibility index (Phi) is 5.27. The molecule has 2 saturated heterocycles. The lowest BCUT2D eigenvalue weighted by molar-refractivity contribution is -0.152. The third-order valence-corrected chi connectivity index (χ3v) is 6.62. The van der Waals surface area contributed by atoms with Crippen molar-refractivity contribution in [2.75, 3.05) is 31.7 Å². The zero-order valence-electron chi connectivity index (χ0n) is 14.9. The number of carbonyl (C=O) groups excluding carboxylic acids is 2. The predicted octanol–water partition coefficient (Wildman–Crippen LogP) is -0.147. The highest BCUT2D eigenvalue weighted by Gasteiger charge is 2.51. The van der Waals surface area contributed by atoms with Gasteiger partial charge in [-0.1, -0.05) is 12.1 Å². The van der Waals surface area contributed by atoms with E-state index >= 15 is 0 Å². The molecule has 1 aromatic rings. The number of phenols is 1. The maximum Gasteiger partial charge on any atom is 0.325 e. The highest BCUT2D eigenvalue weighted by Crippen LogP contribution is 2.38. The first-order valence-corrected chi connectivity index (χ1v) is 9.75. The predicted molar refractivity (Wildman–Crippen MR) is 93.8 cm³/mol. The van der Waals surface area contributed by atoms with E-state index in [9.17, 15) is 23.1 Å². The van der Waals surface area contributed by atoms with Crippen LogP contribution in [0.15, 0.2) is 24.3 Å². The summed E-state index contributed by atoms with van der Waals surface area (Å²) in [6, 6.07) is 4.15. The van der Waals surface area contributed by atoms with E-state index in [0.717, 1.165) is 8.72 Å². The van der Waals surface area contributed by atoms with E-state index in [-0.39, 0.29) is 24.5 Å². The summed E-state index contributed by atoms with van der Waals surface area (Å²) in [5.74, 6) is -1.51. The molecule has 0 spiro atoms. The van der Waals surface area contributed by atoms with Gasteiger partial charge < -0.3 is 14.6 Å². The summed E-state index contributed by atoms with van der Waals surface area (Å²) in [7, 11) is -1.84. The largest absolute Gasteiger partial charge is 0.506 e. The molecule has 1 N–H and O–H groups in total. The van der Waals surface area contributed by atoms with Gasteiger partial charge in [-0.25, -0.2) is 0 Å². The minimum Gasteiger partial charge on any atom is -0.506 e.